The number of carbonyl (C=O) groups excluding carboxylic acids is 1. The average Bonchev–Trinajstić information content (AvgIpc) is 2.77. The van der Waals surface area contributed by atoms with Crippen LogP contribution in [-0.4, -0.2) is 37.3 Å². The second-order valence-corrected chi connectivity index (χ2v) is 7.24. The standard InChI is InChI=1S/C22H28N4O4S/c1-7-17(27)24-14-12-15(28-4)20(29-5)21(30-6)18(14)19(13(2)3)26-22(31)25-16-10-8-9-11-23-16/h7-13,19H,1H2,2-6H3,(H,24,27)(H2,23,25,26,31). The number of benzene rings is 1. The highest BCUT2D eigenvalue weighted by Gasteiger charge is 2.29. The molecule has 0 radical (unpaired) electrons. The topological polar surface area (TPSA) is 93.7 Å². The second kappa shape index (κ2) is 11.2. The third kappa shape index (κ3) is 5.85. The Morgan fingerprint density at radius 3 is 2.35 bits per heavy atom. The SMILES string of the molecule is C=CC(=O)Nc1cc(OC)c(OC)c(OC)c1C(NC(=S)Nc1ccccn1)C(C)C. The van der Waals surface area contributed by atoms with Gasteiger partial charge in [0.15, 0.2) is 16.6 Å². The molecule has 0 aliphatic carbocycles. The molecule has 2 rings (SSSR count). The first kappa shape index (κ1) is 23.9. The number of hydrogen-bond acceptors (Lipinski definition) is 6. The summed E-state index contributed by atoms with van der Waals surface area (Å²) in [5, 5.41) is 9.57. The van der Waals surface area contributed by atoms with Gasteiger partial charge < -0.3 is 30.2 Å². The molecule has 0 aliphatic rings. The molecule has 0 fully saturated rings. The first-order chi connectivity index (χ1) is 14.9. The minimum absolute atomic E-state index is 0.0508. The number of anilines is 2. The summed E-state index contributed by atoms with van der Waals surface area (Å²) in [4.78, 5) is 16.4. The van der Waals surface area contributed by atoms with Crippen molar-refractivity contribution in [1.29, 1.82) is 0 Å². The number of methoxy groups -OCH3 is 3. The van der Waals surface area contributed by atoms with Crippen LogP contribution in [0.25, 0.3) is 0 Å². The van der Waals surface area contributed by atoms with E-state index in [1.165, 1.54) is 27.4 Å². The Morgan fingerprint density at radius 2 is 1.84 bits per heavy atom. The molecular formula is C22H28N4O4S. The highest BCUT2D eigenvalue weighted by Crippen LogP contribution is 2.48. The van der Waals surface area contributed by atoms with Crippen molar-refractivity contribution in [3.8, 4) is 17.2 Å². The second-order valence-electron chi connectivity index (χ2n) is 6.84. The molecule has 1 amide bonds. The number of rotatable bonds is 9. The van der Waals surface area contributed by atoms with Crippen molar-refractivity contribution in [2.24, 2.45) is 5.92 Å². The van der Waals surface area contributed by atoms with Crippen LogP contribution in [0.2, 0.25) is 0 Å². The van der Waals surface area contributed by atoms with Gasteiger partial charge in [0.2, 0.25) is 11.7 Å². The Hall–Kier alpha value is -3.33. The van der Waals surface area contributed by atoms with Gasteiger partial charge in [0, 0.05) is 17.8 Å². The van der Waals surface area contributed by atoms with Crippen LogP contribution in [0.15, 0.2) is 43.1 Å². The molecule has 1 heterocycles. The summed E-state index contributed by atoms with van der Waals surface area (Å²) in [6.45, 7) is 7.58. The number of ether oxygens (including phenoxy) is 3. The fraction of sp³-hybridized carbons (Fsp3) is 0.318. The monoisotopic (exact) mass is 444 g/mol. The zero-order chi connectivity index (χ0) is 23.0. The van der Waals surface area contributed by atoms with Crippen LogP contribution in [0.1, 0.15) is 25.5 Å². The van der Waals surface area contributed by atoms with E-state index >= 15 is 0 Å². The number of carbonyl (C=O) groups is 1. The van der Waals surface area contributed by atoms with E-state index in [1.807, 2.05) is 32.0 Å². The predicted molar refractivity (Wildman–Crippen MR) is 126 cm³/mol. The zero-order valence-electron chi connectivity index (χ0n) is 18.3. The van der Waals surface area contributed by atoms with Crippen LogP contribution < -0.4 is 30.2 Å². The Kier molecular flexibility index (Phi) is 8.63. The van der Waals surface area contributed by atoms with Crippen LogP contribution in [0.3, 0.4) is 0 Å². The summed E-state index contributed by atoms with van der Waals surface area (Å²) in [5.74, 6) is 1.55. The maximum absolute atomic E-state index is 12.1. The molecule has 0 saturated heterocycles. The molecule has 0 bridgehead atoms. The molecule has 31 heavy (non-hydrogen) atoms. The fourth-order valence-electron chi connectivity index (χ4n) is 3.08. The molecule has 8 nitrogen and oxygen atoms in total. The Bertz CT molecular complexity index is 935. The van der Waals surface area contributed by atoms with E-state index in [4.69, 9.17) is 26.4 Å². The summed E-state index contributed by atoms with van der Waals surface area (Å²) in [6, 6.07) is 6.83. The minimum atomic E-state index is -0.368. The van der Waals surface area contributed by atoms with Crippen molar-refractivity contribution in [2.75, 3.05) is 32.0 Å². The lowest BCUT2D eigenvalue weighted by Crippen LogP contribution is -2.36. The van der Waals surface area contributed by atoms with Gasteiger partial charge in [0.25, 0.3) is 0 Å². The van der Waals surface area contributed by atoms with E-state index in [2.05, 4.69) is 27.5 Å². The summed E-state index contributed by atoms with van der Waals surface area (Å²) in [6.07, 6.45) is 2.86. The molecule has 0 spiro atoms. The average molecular weight is 445 g/mol. The molecule has 9 heteroatoms. The van der Waals surface area contributed by atoms with E-state index in [0.717, 1.165) is 0 Å². The zero-order valence-corrected chi connectivity index (χ0v) is 19.1. The summed E-state index contributed by atoms with van der Waals surface area (Å²) in [7, 11) is 4.57. The molecule has 166 valence electrons. The Morgan fingerprint density at radius 1 is 1.13 bits per heavy atom. The third-order valence-electron chi connectivity index (χ3n) is 4.48. The normalized spacial score (nSPS) is 11.3. The lowest BCUT2D eigenvalue weighted by atomic mass is 9.92. The number of pyridine rings is 1. The van der Waals surface area contributed by atoms with Gasteiger partial charge in [0.05, 0.1) is 33.1 Å². The summed E-state index contributed by atoms with van der Waals surface area (Å²) in [5.41, 5.74) is 1.15. The van der Waals surface area contributed by atoms with Crippen LogP contribution in [0.5, 0.6) is 17.2 Å². The smallest absolute Gasteiger partial charge is 0.247 e. The molecular weight excluding hydrogens is 416 g/mol. The van der Waals surface area contributed by atoms with Gasteiger partial charge in [-0.15, -0.1) is 0 Å². The van der Waals surface area contributed by atoms with Crippen molar-refractivity contribution in [3.63, 3.8) is 0 Å². The predicted octanol–water partition coefficient (Wildman–Crippen LogP) is 3.92. The molecule has 0 aliphatic heterocycles. The minimum Gasteiger partial charge on any atom is -0.493 e. The summed E-state index contributed by atoms with van der Waals surface area (Å²) < 4.78 is 16.7. The lowest BCUT2D eigenvalue weighted by molar-refractivity contribution is -0.111. The van der Waals surface area contributed by atoms with Crippen LogP contribution in [0.4, 0.5) is 11.5 Å². The van der Waals surface area contributed by atoms with Crippen molar-refractivity contribution in [3.05, 3.63) is 48.7 Å². The molecule has 3 N–H and O–H groups in total. The van der Waals surface area contributed by atoms with Crippen molar-refractivity contribution in [2.45, 2.75) is 19.9 Å². The van der Waals surface area contributed by atoms with Crippen molar-refractivity contribution >= 4 is 34.7 Å². The van der Waals surface area contributed by atoms with E-state index in [0.29, 0.717) is 39.4 Å². The van der Waals surface area contributed by atoms with Crippen LogP contribution in [-0.2, 0) is 4.79 Å². The van der Waals surface area contributed by atoms with Crippen LogP contribution >= 0.6 is 12.2 Å². The quantitative estimate of drug-likeness (QED) is 0.396. The number of nitrogens with one attached hydrogen (secondary N) is 3. The molecule has 1 aromatic heterocycles. The van der Waals surface area contributed by atoms with E-state index in [-0.39, 0.29) is 17.9 Å². The Labute approximate surface area is 188 Å². The maximum atomic E-state index is 12.1. The summed E-state index contributed by atoms with van der Waals surface area (Å²) >= 11 is 5.51. The van der Waals surface area contributed by atoms with Gasteiger partial charge in [0.1, 0.15) is 5.82 Å². The number of nitrogens with zero attached hydrogens (tertiary/aromatic N) is 1. The highest BCUT2D eigenvalue weighted by atomic mass is 32.1. The van der Waals surface area contributed by atoms with E-state index < -0.39 is 0 Å². The Balaban J connectivity index is 2.56. The number of hydrogen-bond donors (Lipinski definition) is 3. The van der Waals surface area contributed by atoms with Gasteiger partial charge in [-0.25, -0.2) is 4.98 Å². The van der Waals surface area contributed by atoms with Gasteiger partial charge in [-0.2, -0.15) is 0 Å². The van der Waals surface area contributed by atoms with E-state index in [9.17, 15) is 4.79 Å². The number of aromatic nitrogens is 1. The fourth-order valence-corrected chi connectivity index (χ4v) is 3.31. The van der Waals surface area contributed by atoms with Gasteiger partial charge in [-0.05, 0) is 36.3 Å². The van der Waals surface area contributed by atoms with Gasteiger partial charge >= 0.3 is 0 Å². The van der Waals surface area contributed by atoms with Gasteiger partial charge in [-0.3, -0.25) is 4.79 Å². The first-order valence-corrected chi connectivity index (χ1v) is 10.0. The van der Waals surface area contributed by atoms with Crippen molar-refractivity contribution < 1.29 is 19.0 Å². The molecule has 2 aromatic rings. The lowest BCUT2D eigenvalue weighted by Gasteiger charge is -2.29. The maximum Gasteiger partial charge on any atom is 0.247 e. The third-order valence-corrected chi connectivity index (χ3v) is 4.70. The number of thiocarbonyl (C=S) groups is 1. The van der Waals surface area contributed by atoms with Crippen molar-refractivity contribution in [1.82, 2.24) is 10.3 Å². The number of amides is 1. The highest BCUT2D eigenvalue weighted by molar-refractivity contribution is 7.80. The molecule has 1 aromatic carbocycles. The first-order valence-electron chi connectivity index (χ1n) is 9.61. The van der Waals surface area contributed by atoms with E-state index in [1.54, 1.807) is 12.3 Å². The molecule has 0 saturated carbocycles. The van der Waals surface area contributed by atoms with Gasteiger partial charge in [-0.1, -0.05) is 26.5 Å². The molecule has 1 unspecified atom stereocenters. The van der Waals surface area contributed by atoms with Crippen LogP contribution in [0, 0.1) is 5.92 Å². The largest absolute Gasteiger partial charge is 0.493 e. The molecule has 1 atom stereocenters.